The lowest BCUT2D eigenvalue weighted by atomic mass is 10.1. The number of carbonyl (C=O) groups is 1. The Balaban J connectivity index is 1.53. The van der Waals surface area contributed by atoms with Crippen molar-refractivity contribution in [1.82, 2.24) is 19.5 Å². The molecule has 0 aromatic carbocycles. The normalized spacial score (nSPS) is 24.9. The van der Waals surface area contributed by atoms with E-state index in [0.717, 1.165) is 0 Å². The number of hydrogen-bond donors (Lipinski definition) is 4. The number of Topliss-reactive ketones (excluding diaryl/α,β-unsaturated/α-hetero) is 1. The van der Waals surface area contributed by atoms with Gasteiger partial charge in [0.15, 0.2) is 17.4 Å². The van der Waals surface area contributed by atoms with Crippen molar-refractivity contribution < 1.29 is 38.3 Å². The number of nitrogens with one attached hydrogen (secondary N) is 1. The van der Waals surface area contributed by atoms with Crippen LogP contribution >= 0.6 is 19.4 Å². The minimum atomic E-state index is -4.43. The lowest BCUT2D eigenvalue weighted by Crippen LogP contribution is -2.33. The molecule has 3 rings (SSSR count). The molecule has 5 atom stereocenters. The molecule has 2 aromatic heterocycles. The van der Waals surface area contributed by atoms with E-state index in [1.54, 1.807) is 6.92 Å². The summed E-state index contributed by atoms with van der Waals surface area (Å²) in [5, 5.41) is 20.7. The number of carbonyl (C=O) groups excluding carboxylic acids is 1. The second kappa shape index (κ2) is 11.2. The van der Waals surface area contributed by atoms with E-state index in [9.17, 15) is 29.3 Å². The molecule has 15 heteroatoms. The van der Waals surface area contributed by atoms with Gasteiger partial charge in [-0.3, -0.25) is 23.2 Å². The van der Waals surface area contributed by atoms with Crippen molar-refractivity contribution >= 4 is 36.4 Å². The van der Waals surface area contributed by atoms with Crippen LogP contribution in [0.15, 0.2) is 11.1 Å². The Labute approximate surface area is 193 Å². The van der Waals surface area contributed by atoms with Gasteiger partial charge in [-0.1, -0.05) is 6.42 Å². The van der Waals surface area contributed by atoms with Gasteiger partial charge in [-0.05, 0) is 19.8 Å². The number of aromatic amines is 1. The topological polar surface area (TPSA) is 186 Å². The Kier molecular flexibility index (Phi) is 8.76. The maximum Gasteiger partial charge on any atom is 0.472 e. The van der Waals surface area contributed by atoms with Crippen LogP contribution < -0.4 is 5.56 Å². The first-order valence-corrected chi connectivity index (χ1v) is 12.3. The molecule has 1 fully saturated rings. The standard InChI is InChI=1S/C18H26ClN4O9P/c1-10-21-16-13(17(27)22-10)20-9-23(16)18-15(26)14(25)12(32-18)8-31-33(28,29)30-6-4-2-3-5-11(24)7-19/h9,12,14-15,18,25-26H,2-8H2,1H3,(H,28,29)(H,21,22,27)/t12-,14-,15-,18-/m1/s1. The summed E-state index contributed by atoms with van der Waals surface area (Å²) >= 11 is 5.41. The van der Waals surface area contributed by atoms with Gasteiger partial charge < -0.3 is 24.8 Å². The van der Waals surface area contributed by atoms with Crippen molar-refractivity contribution in [3.63, 3.8) is 0 Å². The van der Waals surface area contributed by atoms with Crippen LogP contribution in [0.25, 0.3) is 11.2 Å². The molecule has 0 radical (unpaired) electrons. The number of aliphatic hydroxyl groups is 2. The highest BCUT2D eigenvalue weighted by atomic mass is 35.5. The number of phosphoric acid groups is 1. The molecular formula is C18H26ClN4O9P. The van der Waals surface area contributed by atoms with Gasteiger partial charge in [0.1, 0.15) is 29.9 Å². The number of nitrogens with zero attached hydrogens (tertiary/aromatic N) is 3. The lowest BCUT2D eigenvalue weighted by Gasteiger charge is -2.17. The molecule has 0 spiro atoms. The number of ketones is 1. The number of aromatic nitrogens is 4. The fourth-order valence-electron chi connectivity index (χ4n) is 3.37. The second-order valence-corrected chi connectivity index (χ2v) is 9.32. The number of unbranched alkanes of at least 4 members (excludes halogenated alkanes) is 2. The minimum absolute atomic E-state index is 0.0332. The SMILES string of the molecule is Cc1nc2c(ncn2[C@@H]2O[C@H](COP(=O)(O)OCCCCCC(=O)CCl)[C@@H](O)[C@H]2O)c(=O)[nH]1. The smallest absolute Gasteiger partial charge is 0.387 e. The molecule has 1 aliphatic heterocycles. The van der Waals surface area contributed by atoms with Crippen molar-refractivity contribution in [3.05, 3.63) is 22.5 Å². The molecule has 0 aliphatic carbocycles. The van der Waals surface area contributed by atoms with Crippen molar-refractivity contribution in [2.24, 2.45) is 0 Å². The molecule has 2 aromatic rings. The van der Waals surface area contributed by atoms with Gasteiger partial charge >= 0.3 is 7.82 Å². The number of hydrogen-bond acceptors (Lipinski definition) is 10. The van der Waals surface area contributed by atoms with Gasteiger partial charge in [0.05, 0.1) is 25.4 Å². The van der Waals surface area contributed by atoms with Crippen LogP contribution in [-0.4, -0.2) is 77.8 Å². The molecular weight excluding hydrogens is 483 g/mol. The number of phosphoric ester groups is 1. The first-order chi connectivity index (χ1) is 15.6. The molecule has 1 unspecified atom stereocenters. The zero-order chi connectivity index (χ0) is 24.2. The predicted octanol–water partition coefficient (Wildman–Crippen LogP) is 0.549. The first-order valence-electron chi connectivity index (χ1n) is 10.3. The summed E-state index contributed by atoms with van der Waals surface area (Å²) in [5.74, 6) is 0.226. The molecule has 0 amide bonds. The number of imidazole rings is 1. The highest BCUT2D eigenvalue weighted by molar-refractivity contribution is 7.47. The Morgan fingerprint density at radius 2 is 2.06 bits per heavy atom. The molecule has 0 bridgehead atoms. The van der Waals surface area contributed by atoms with E-state index in [1.165, 1.54) is 10.9 Å². The largest absolute Gasteiger partial charge is 0.472 e. The van der Waals surface area contributed by atoms with E-state index in [-0.39, 0.29) is 29.4 Å². The van der Waals surface area contributed by atoms with Crippen LogP contribution in [0.1, 0.15) is 37.7 Å². The van der Waals surface area contributed by atoms with Gasteiger partial charge in [-0.2, -0.15) is 0 Å². The summed E-state index contributed by atoms with van der Waals surface area (Å²) in [4.78, 5) is 43.6. The van der Waals surface area contributed by atoms with Crippen LogP contribution in [0.5, 0.6) is 0 Å². The summed E-state index contributed by atoms with van der Waals surface area (Å²) < 4.78 is 28.8. The molecule has 0 saturated carbocycles. The summed E-state index contributed by atoms with van der Waals surface area (Å²) in [7, 11) is -4.43. The number of H-pyrrole nitrogens is 1. The van der Waals surface area contributed by atoms with Crippen molar-refractivity contribution in [2.45, 2.75) is 57.1 Å². The van der Waals surface area contributed by atoms with Gasteiger partial charge in [-0.25, -0.2) is 14.5 Å². The summed E-state index contributed by atoms with van der Waals surface area (Å²) in [6.07, 6.45) is -1.97. The van der Waals surface area contributed by atoms with E-state index in [2.05, 4.69) is 15.0 Å². The molecule has 4 N–H and O–H groups in total. The maximum absolute atomic E-state index is 12.1. The Morgan fingerprint density at radius 3 is 2.79 bits per heavy atom. The number of aryl methyl sites for hydroxylation is 1. The average Bonchev–Trinajstić information content (AvgIpc) is 3.30. The zero-order valence-electron chi connectivity index (χ0n) is 17.8. The lowest BCUT2D eigenvalue weighted by molar-refractivity contribution is -0.116. The third-order valence-corrected chi connectivity index (χ3v) is 6.35. The van der Waals surface area contributed by atoms with Gasteiger partial charge in [0.25, 0.3) is 5.56 Å². The van der Waals surface area contributed by atoms with Gasteiger partial charge in [-0.15, -0.1) is 11.6 Å². The van der Waals surface area contributed by atoms with Gasteiger partial charge in [0.2, 0.25) is 0 Å². The quantitative estimate of drug-likeness (QED) is 0.178. The van der Waals surface area contributed by atoms with E-state index < -0.39 is 44.5 Å². The Bertz CT molecular complexity index is 1080. The fourth-order valence-corrected chi connectivity index (χ4v) is 4.27. The summed E-state index contributed by atoms with van der Waals surface area (Å²) in [6, 6.07) is 0. The number of ether oxygens (including phenoxy) is 1. The molecule has 3 heterocycles. The highest BCUT2D eigenvalue weighted by Gasteiger charge is 2.45. The van der Waals surface area contributed by atoms with E-state index in [1.807, 2.05) is 0 Å². The van der Waals surface area contributed by atoms with E-state index in [4.69, 9.17) is 25.4 Å². The van der Waals surface area contributed by atoms with Crippen molar-refractivity contribution in [3.8, 4) is 0 Å². The fraction of sp³-hybridized carbons (Fsp3) is 0.667. The molecule has 13 nitrogen and oxygen atoms in total. The van der Waals surface area contributed by atoms with Crippen LogP contribution in [0.3, 0.4) is 0 Å². The third-order valence-electron chi connectivity index (χ3n) is 5.07. The Morgan fingerprint density at radius 1 is 1.30 bits per heavy atom. The van der Waals surface area contributed by atoms with Crippen LogP contribution in [0.2, 0.25) is 0 Å². The van der Waals surface area contributed by atoms with Crippen molar-refractivity contribution in [2.75, 3.05) is 19.1 Å². The number of alkyl halides is 1. The molecule has 33 heavy (non-hydrogen) atoms. The van der Waals surface area contributed by atoms with Gasteiger partial charge in [0, 0.05) is 6.42 Å². The highest BCUT2D eigenvalue weighted by Crippen LogP contribution is 2.44. The van der Waals surface area contributed by atoms with Crippen LogP contribution in [0.4, 0.5) is 0 Å². The number of rotatable bonds is 12. The predicted molar refractivity (Wildman–Crippen MR) is 115 cm³/mol. The summed E-state index contributed by atoms with van der Waals surface area (Å²) in [5.41, 5.74) is -0.281. The summed E-state index contributed by atoms with van der Waals surface area (Å²) in [6.45, 7) is 0.975. The monoisotopic (exact) mass is 508 g/mol. The number of aliphatic hydroxyl groups excluding tert-OH is 2. The second-order valence-electron chi connectivity index (χ2n) is 7.60. The average molecular weight is 509 g/mol. The minimum Gasteiger partial charge on any atom is -0.387 e. The molecule has 184 valence electrons. The van der Waals surface area contributed by atoms with Crippen LogP contribution in [0, 0.1) is 6.92 Å². The number of fused-ring (bicyclic) bond motifs is 1. The first kappa shape index (κ1) is 25.9. The zero-order valence-corrected chi connectivity index (χ0v) is 19.4. The number of halogens is 1. The maximum atomic E-state index is 12.1. The Hall–Kier alpha value is -1.70. The van der Waals surface area contributed by atoms with E-state index in [0.29, 0.717) is 31.5 Å². The molecule has 1 saturated heterocycles. The third kappa shape index (κ3) is 6.46. The van der Waals surface area contributed by atoms with Crippen molar-refractivity contribution in [1.29, 1.82) is 0 Å². The molecule has 1 aliphatic rings. The van der Waals surface area contributed by atoms with E-state index >= 15 is 0 Å². The van der Waals surface area contributed by atoms with Crippen LogP contribution in [-0.2, 0) is 23.1 Å².